The van der Waals surface area contributed by atoms with Gasteiger partial charge in [-0.15, -0.1) is 0 Å². The van der Waals surface area contributed by atoms with Gasteiger partial charge in [-0.3, -0.25) is 4.79 Å². The molecular formula is C13H15F2NO2. The van der Waals surface area contributed by atoms with Crippen LogP contribution in [0.15, 0.2) is 18.2 Å². The molecule has 3 nitrogen and oxygen atoms in total. The lowest BCUT2D eigenvalue weighted by molar-refractivity contribution is -0.0110. The third-order valence-electron chi connectivity index (χ3n) is 3.14. The maximum Gasteiger partial charge on any atom is 0.259 e. The second-order valence-corrected chi connectivity index (χ2v) is 4.92. The Labute approximate surface area is 104 Å². The fourth-order valence-corrected chi connectivity index (χ4v) is 2.25. The van der Waals surface area contributed by atoms with Gasteiger partial charge in [-0.1, -0.05) is 6.07 Å². The summed E-state index contributed by atoms with van der Waals surface area (Å²) in [5, 5.41) is 9.90. The average molecular weight is 255 g/mol. The van der Waals surface area contributed by atoms with E-state index in [0.29, 0.717) is 19.4 Å². The number of nitrogens with zero attached hydrogens (tertiary/aromatic N) is 1. The summed E-state index contributed by atoms with van der Waals surface area (Å²) in [4.78, 5) is 13.4. The predicted molar refractivity (Wildman–Crippen MR) is 62.1 cm³/mol. The zero-order valence-corrected chi connectivity index (χ0v) is 10.1. The van der Waals surface area contributed by atoms with Crippen molar-refractivity contribution >= 4 is 5.91 Å². The summed E-state index contributed by atoms with van der Waals surface area (Å²) in [5.74, 6) is -2.44. The molecule has 0 aromatic heterocycles. The molecule has 0 saturated carbocycles. The molecule has 1 aromatic carbocycles. The van der Waals surface area contributed by atoms with Gasteiger partial charge in [0.15, 0.2) is 0 Å². The van der Waals surface area contributed by atoms with E-state index in [-0.39, 0.29) is 6.54 Å². The SMILES string of the molecule is CC1(O)CCCN(C(=O)c2c(F)cccc2F)C1. The first-order valence-electron chi connectivity index (χ1n) is 5.86. The topological polar surface area (TPSA) is 40.5 Å². The largest absolute Gasteiger partial charge is 0.388 e. The highest BCUT2D eigenvalue weighted by Crippen LogP contribution is 2.23. The standard InChI is InChI=1S/C13H15F2NO2/c1-13(18)6-3-7-16(8-13)12(17)11-9(14)4-2-5-10(11)15/h2,4-5,18H,3,6-8H2,1H3. The maximum absolute atomic E-state index is 13.5. The molecule has 1 N–H and O–H groups in total. The Balaban J connectivity index is 2.26. The van der Waals surface area contributed by atoms with Crippen LogP contribution < -0.4 is 0 Å². The first-order valence-corrected chi connectivity index (χ1v) is 5.86. The van der Waals surface area contributed by atoms with Gasteiger partial charge in [0.1, 0.15) is 17.2 Å². The molecule has 1 fully saturated rings. The summed E-state index contributed by atoms with van der Waals surface area (Å²) in [5.41, 5.74) is -1.54. The van der Waals surface area contributed by atoms with E-state index in [1.165, 1.54) is 11.0 Å². The van der Waals surface area contributed by atoms with E-state index in [2.05, 4.69) is 0 Å². The summed E-state index contributed by atoms with van der Waals surface area (Å²) in [6.45, 7) is 2.12. The molecule has 1 aliphatic rings. The number of carbonyl (C=O) groups is 1. The number of hydrogen-bond donors (Lipinski definition) is 1. The van der Waals surface area contributed by atoms with Crippen molar-refractivity contribution < 1.29 is 18.7 Å². The van der Waals surface area contributed by atoms with Crippen molar-refractivity contribution in [1.29, 1.82) is 0 Å². The molecule has 1 aliphatic heterocycles. The van der Waals surface area contributed by atoms with Gasteiger partial charge in [0.05, 0.1) is 5.60 Å². The Morgan fingerprint density at radius 1 is 1.39 bits per heavy atom. The monoisotopic (exact) mass is 255 g/mol. The number of hydrogen-bond acceptors (Lipinski definition) is 2. The van der Waals surface area contributed by atoms with Crippen molar-refractivity contribution in [3.8, 4) is 0 Å². The predicted octanol–water partition coefficient (Wildman–Crippen LogP) is 1.95. The van der Waals surface area contributed by atoms with Crippen LogP contribution in [0.25, 0.3) is 0 Å². The Kier molecular flexibility index (Phi) is 3.34. The fourth-order valence-electron chi connectivity index (χ4n) is 2.25. The second-order valence-electron chi connectivity index (χ2n) is 4.92. The van der Waals surface area contributed by atoms with E-state index in [1.54, 1.807) is 6.92 Å². The van der Waals surface area contributed by atoms with Crippen molar-refractivity contribution in [2.24, 2.45) is 0 Å². The maximum atomic E-state index is 13.5. The van der Waals surface area contributed by atoms with Gasteiger partial charge in [-0.25, -0.2) is 8.78 Å². The van der Waals surface area contributed by atoms with Crippen LogP contribution in [0.3, 0.4) is 0 Å². The second kappa shape index (κ2) is 4.65. The van der Waals surface area contributed by atoms with Crippen LogP contribution in [-0.2, 0) is 0 Å². The Morgan fingerprint density at radius 2 is 2.00 bits per heavy atom. The van der Waals surface area contributed by atoms with E-state index >= 15 is 0 Å². The van der Waals surface area contributed by atoms with Crippen LogP contribution in [0.1, 0.15) is 30.1 Å². The minimum absolute atomic E-state index is 0.0968. The minimum atomic E-state index is -0.990. The molecule has 1 amide bonds. The van der Waals surface area contributed by atoms with E-state index < -0.39 is 28.7 Å². The van der Waals surface area contributed by atoms with Gasteiger partial charge < -0.3 is 10.0 Å². The van der Waals surface area contributed by atoms with Crippen LogP contribution in [0, 0.1) is 11.6 Å². The number of benzene rings is 1. The van der Waals surface area contributed by atoms with Gasteiger partial charge in [-0.2, -0.15) is 0 Å². The first-order chi connectivity index (χ1) is 8.41. The molecular weight excluding hydrogens is 240 g/mol. The molecule has 1 aromatic rings. The molecule has 5 heteroatoms. The summed E-state index contributed by atoms with van der Waals surface area (Å²) in [6, 6.07) is 3.32. The highest BCUT2D eigenvalue weighted by Gasteiger charge is 2.33. The van der Waals surface area contributed by atoms with E-state index in [4.69, 9.17) is 0 Å². The lowest BCUT2D eigenvalue weighted by atomic mass is 9.94. The molecule has 1 heterocycles. The van der Waals surface area contributed by atoms with Crippen LogP contribution in [0.4, 0.5) is 8.78 Å². The third kappa shape index (κ3) is 2.51. The van der Waals surface area contributed by atoms with E-state index in [9.17, 15) is 18.7 Å². The smallest absolute Gasteiger partial charge is 0.259 e. The highest BCUT2D eigenvalue weighted by atomic mass is 19.1. The van der Waals surface area contributed by atoms with Crippen molar-refractivity contribution in [1.82, 2.24) is 4.90 Å². The van der Waals surface area contributed by atoms with Crippen molar-refractivity contribution in [3.05, 3.63) is 35.4 Å². The summed E-state index contributed by atoms with van der Waals surface area (Å²) >= 11 is 0. The fraction of sp³-hybridized carbons (Fsp3) is 0.462. The van der Waals surface area contributed by atoms with Crippen molar-refractivity contribution in [3.63, 3.8) is 0 Å². The Bertz CT molecular complexity index is 454. The number of amides is 1. The van der Waals surface area contributed by atoms with Gasteiger partial charge in [0.2, 0.25) is 0 Å². The molecule has 0 aliphatic carbocycles. The number of halogens is 2. The zero-order chi connectivity index (χ0) is 13.3. The zero-order valence-electron chi connectivity index (χ0n) is 10.1. The molecule has 2 rings (SSSR count). The number of likely N-dealkylation sites (tertiary alicyclic amines) is 1. The molecule has 18 heavy (non-hydrogen) atoms. The minimum Gasteiger partial charge on any atom is -0.388 e. The quantitative estimate of drug-likeness (QED) is 0.833. The molecule has 0 radical (unpaired) electrons. The molecule has 0 spiro atoms. The molecule has 98 valence electrons. The molecule has 1 unspecified atom stereocenters. The number of rotatable bonds is 1. The van der Waals surface area contributed by atoms with Crippen molar-refractivity contribution in [2.45, 2.75) is 25.4 Å². The lowest BCUT2D eigenvalue weighted by Gasteiger charge is -2.36. The van der Waals surface area contributed by atoms with E-state index in [1.807, 2.05) is 0 Å². The van der Waals surface area contributed by atoms with Crippen LogP contribution in [-0.4, -0.2) is 34.6 Å². The van der Waals surface area contributed by atoms with Crippen LogP contribution in [0.5, 0.6) is 0 Å². The Morgan fingerprint density at radius 3 is 2.56 bits per heavy atom. The van der Waals surface area contributed by atoms with Crippen LogP contribution >= 0.6 is 0 Å². The summed E-state index contributed by atoms with van der Waals surface area (Å²) in [7, 11) is 0. The van der Waals surface area contributed by atoms with E-state index in [0.717, 1.165) is 12.1 Å². The lowest BCUT2D eigenvalue weighted by Crippen LogP contribution is -2.48. The van der Waals surface area contributed by atoms with Gasteiger partial charge in [-0.05, 0) is 31.9 Å². The van der Waals surface area contributed by atoms with Crippen LogP contribution in [0.2, 0.25) is 0 Å². The highest BCUT2D eigenvalue weighted by molar-refractivity contribution is 5.94. The number of carbonyl (C=O) groups excluding carboxylic acids is 1. The van der Waals surface area contributed by atoms with Gasteiger partial charge in [0.25, 0.3) is 5.91 Å². The van der Waals surface area contributed by atoms with Gasteiger partial charge in [0, 0.05) is 13.1 Å². The van der Waals surface area contributed by atoms with Crippen molar-refractivity contribution in [2.75, 3.05) is 13.1 Å². The van der Waals surface area contributed by atoms with Gasteiger partial charge >= 0.3 is 0 Å². The summed E-state index contributed by atoms with van der Waals surface area (Å²) < 4.78 is 27.0. The normalized spacial score (nSPS) is 24.1. The molecule has 0 bridgehead atoms. The average Bonchev–Trinajstić information content (AvgIpc) is 2.27. The number of β-amino-alcohol motifs (C(OH)–C–C–N with tert-alkyl or cyclic N) is 1. The Hall–Kier alpha value is -1.49. The molecule has 1 saturated heterocycles. The number of aliphatic hydroxyl groups is 1. The molecule has 1 atom stereocenters. The summed E-state index contributed by atoms with van der Waals surface area (Å²) in [6.07, 6.45) is 1.20. The number of piperidine rings is 1. The third-order valence-corrected chi connectivity index (χ3v) is 3.14. The first kappa shape index (κ1) is 13.0.